The molecule has 1 aromatic rings. The lowest BCUT2D eigenvalue weighted by Crippen LogP contribution is -2.48. The molecule has 5 nitrogen and oxygen atoms in total. The number of likely N-dealkylation sites (tertiary alicyclic amines) is 1. The van der Waals surface area contributed by atoms with E-state index in [4.69, 9.17) is 23.2 Å². The second-order valence-electron chi connectivity index (χ2n) is 6.86. The molecule has 2 aliphatic rings. The van der Waals surface area contributed by atoms with Crippen molar-refractivity contribution in [1.82, 2.24) is 10.2 Å². The molecule has 0 bridgehead atoms. The van der Waals surface area contributed by atoms with Gasteiger partial charge in [-0.15, -0.1) is 0 Å². The van der Waals surface area contributed by atoms with Crippen molar-refractivity contribution in [2.24, 2.45) is 5.92 Å². The van der Waals surface area contributed by atoms with Crippen molar-refractivity contribution in [1.29, 1.82) is 0 Å². The number of nitrogens with zero attached hydrogens (tertiary/aromatic N) is 1. The van der Waals surface area contributed by atoms with E-state index < -0.39 is 0 Å². The fraction of sp³-hybridized carbons (Fsp3) is 0.556. The summed E-state index contributed by atoms with van der Waals surface area (Å²) in [6.45, 7) is 3.35. The van der Waals surface area contributed by atoms with Gasteiger partial charge in [0.2, 0.25) is 11.8 Å². The SMILES string of the molecule is CC(C(=O)Nc1cccc(Cl)c1Cl)N1CCC(C(=O)NC2CC2)CC1. The molecule has 2 amide bonds. The summed E-state index contributed by atoms with van der Waals surface area (Å²) in [5, 5.41) is 6.67. The summed E-state index contributed by atoms with van der Waals surface area (Å²) < 4.78 is 0. The number of nitrogens with one attached hydrogen (secondary N) is 2. The van der Waals surface area contributed by atoms with Crippen LogP contribution in [0.4, 0.5) is 5.69 Å². The van der Waals surface area contributed by atoms with Crippen LogP contribution in [0.2, 0.25) is 10.0 Å². The third-order valence-corrected chi connectivity index (χ3v) is 5.78. The van der Waals surface area contributed by atoms with Crippen LogP contribution in [0.1, 0.15) is 32.6 Å². The first-order chi connectivity index (χ1) is 12.0. The maximum Gasteiger partial charge on any atom is 0.241 e. The van der Waals surface area contributed by atoms with Gasteiger partial charge in [-0.05, 0) is 57.8 Å². The molecule has 1 aliphatic heterocycles. The fourth-order valence-electron chi connectivity index (χ4n) is 3.10. The van der Waals surface area contributed by atoms with Crippen LogP contribution in [0, 0.1) is 5.92 Å². The number of amides is 2. The summed E-state index contributed by atoms with van der Waals surface area (Å²) in [6, 6.07) is 5.27. The number of piperidine rings is 1. The van der Waals surface area contributed by atoms with Crippen LogP contribution in [0.15, 0.2) is 18.2 Å². The van der Waals surface area contributed by atoms with Crippen molar-refractivity contribution in [3.63, 3.8) is 0 Å². The zero-order valence-electron chi connectivity index (χ0n) is 14.2. The number of hydrogen-bond donors (Lipinski definition) is 2. The Labute approximate surface area is 158 Å². The lowest BCUT2D eigenvalue weighted by Gasteiger charge is -2.34. The van der Waals surface area contributed by atoms with Crippen LogP contribution in [-0.4, -0.2) is 41.9 Å². The molecule has 0 radical (unpaired) electrons. The van der Waals surface area contributed by atoms with E-state index in [0.29, 0.717) is 21.8 Å². The van der Waals surface area contributed by atoms with Crippen LogP contribution in [-0.2, 0) is 9.59 Å². The van der Waals surface area contributed by atoms with Gasteiger partial charge < -0.3 is 10.6 Å². The third-order valence-electron chi connectivity index (χ3n) is 4.96. The van der Waals surface area contributed by atoms with Gasteiger partial charge in [-0.1, -0.05) is 29.3 Å². The zero-order valence-corrected chi connectivity index (χ0v) is 15.7. The number of halogens is 2. The summed E-state index contributed by atoms with van der Waals surface area (Å²) in [7, 11) is 0. The maximum atomic E-state index is 12.5. The number of hydrogen-bond acceptors (Lipinski definition) is 3. The van der Waals surface area contributed by atoms with Gasteiger partial charge in [0.25, 0.3) is 0 Å². The smallest absolute Gasteiger partial charge is 0.241 e. The Balaban J connectivity index is 1.51. The number of anilines is 1. The molecule has 1 atom stereocenters. The average molecular weight is 384 g/mol. The first-order valence-electron chi connectivity index (χ1n) is 8.75. The van der Waals surface area contributed by atoms with Gasteiger partial charge in [0, 0.05) is 12.0 Å². The van der Waals surface area contributed by atoms with Crippen molar-refractivity contribution in [2.45, 2.75) is 44.7 Å². The largest absolute Gasteiger partial charge is 0.353 e. The molecular formula is C18H23Cl2N3O2. The van der Waals surface area contributed by atoms with Gasteiger partial charge in [0.15, 0.2) is 0 Å². The van der Waals surface area contributed by atoms with E-state index >= 15 is 0 Å². The molecule has 0 aromatic heterocycles. The number of rotatable bonds is 5. The summed E-state index contributed by atoms with van der Waals surface area (Å²) in [5.74, 6) is 0.115. The highest BCUT2D eigenvalue weighted by molar-refractivity contribution is 6.44. The Morgan fingerprint density at radius 3 is 2.48 bits per heavy atom. The normalized spacial score (nSPS) is 20.1. The molecule has 1 heterocycles. The average Bonchev–Trinajstić information content (AvgIpc) is 3.42. The highest BCUT2D eigenvalue weighted by atomic mass is 35.5. The Kier molecular flexibility index (Phi) is 5.87. The molecule has 136 valence electrons. The van der Waals surface area contributed by atoms with Crippen LogP contribution in [0.25, 0.3) is 0 Å². The quantitative estimate of drug-likeness (QED) is 0.819. The Hall–Kier alpha value is -1.30. The molecule has 2 N–H and O–H groups in total. The van der Waals surface area contributed by atoms with E-state index in [1.54, 1.807) is 18.2 Å². The van der Waals surface area contributed by atoms with Crippen molar-refractivity contribution in [2.75, 3.05) is 18.4 Å². The van der Waals surface area contributed by atoms with Crippen molar-refractivity contribution < 1.29 is 9.59 Å². The summed E-state index contributed by atoms with van der Waals surface area (Å²) in [4.78, 5) is 26.7. The first kappa shape index (κ1) is 18.5. The van der Waals surface area contributed by atoms with E-state index in [1.807, 2.05) is 6.92 Å². The van der Waals surface area contributed by atoms with Gasteiger partial charge >= 0.3 is 0 Å². The zero-order chi connectivity index (χ0) is 18.0. The maximum absolute atomic E-state index is 12.5. The van der Waals surface area contributed by atoms with Crippen LogP contribution in [0.5, 0.6) is 0 Å². The van der Waals surface area contributed by atoms with Gasteiger partial charge in [-0.3, -0.25) is 14.5 Å². The highest BCUT2D eigenvalue weighted by Gasteiger charge is 2.32. The van der Waals surface area contributed by atoms with Crippen molar-refractivity contribution in [3.05, 3.63) is 28.2 Å². The second-order valence-corrected chi connectivity index (χ2v) is 7.64. The van der Waals surface area contributed by atoms with E-state index in [0.717, 1.165) is 38.8 Å². The molecule has 1 unspecified atom stereocenters. The van der Waals surface area contributed by atoms with Crippen LogP contribution in [0.3, 0.4) is 0 Å². The molecule has 1 saturated carbocycles. The summed E-state index contributed by atoms with van der Waals surface area (Å²) >= 11 is 12.1. The standard InChI is InChI=1S/C18H23Cl2N3O2/c1-11(17(24)22-15-4-2-3-14(19)16(15)20)23-9-7-12(8-10-23)18(25)21-13-5-6-13/h2-4,11-13H,5-10H2,1H3,(H,21,25)(H,22,24). The summed E-state index contributed by atoms with van der Waals surface area (Å²) in [5.41, 5.74) is 0.518. The molecule has 0 spiro atoms. The topological polar surface area (TPSA) is 61.4 Å². The predicted octanol–water partition coefficient (Wildman–Crippen LogP) is 3.31. The summed E-state index contributed by atoms with van der Waals surface area (Å²) in [6.07, 6.45) is 3.78. The minimum absolute atomic E-state index is 0.0643. The molecule has 2 fully saturated rings. The minimum Gasteiger partial charge on any atom is -0.353 e. The number of carbonyl (C=O) groups excluding carboxylic acids is 2. The highest BCUT2D eigenvalue weighted by Crippen LogP contribution is 2.30. The predicted molar refractivity (Wildman–Crippen MR) is 100 cm³/mol. The van der Waals surface area contributed by atoms with Gasteiger partial charge in [0.1, 0.15) is 0 Å². The number of benzene rings is 1. The van der Waals surface area contributed by atoms with Crippen molar-refractivity contribution >= 4 is 40.7 Å². The molecule has 3 rings (SSSR count). The van der Waals surface area contributed by atoms with Gasteiger partial charge in [0.05, 0.1) is 21.8 Å². The number of carbonyl (C=O) groups is 2. The molecular weight excluding hydrogens is 361 g/mol. The lowest BCUT2D eigenvalue weighted by molar-refractivity contribution is -0.127. The Morgan fingerprint density at radius 2 is 1.84 bits per heavy atom. The molecule has 25 heavy (non-hydrogen) atoms. The monoisotopic (exact) mass is 383 g/mol. The van der Waals surface area contributed by atoms with Gasteiger partial charge in [-0.2, -0.15) is 0 Å². The lowest BCUT2D eigenvalue weighted by atomic mass is 9.95. The van der Waals surface area contributed by atoms with Crippen LogP contribution >= 0.6 is 23.2 Å². The van der Waals surface area contributed by atoms with E-state index in [9.17, 15) is 9.59 Å². The van der Waals surface area contributed by atoms with Crippen LogP contribution < -0.4 is 10.6 Å². The first-order valence-corrected chi connectivity index (χ1v) is 9.50. The molecule has 1 aromatic carbocycles. The molecule has 1 saturated heterocycles. The Bertz CT molecular complexity index is 656. The van der Waals surface area contributed by atoms with Crippen molar-refractivity contribution in [3.8, 4) is 0 Å². The van der Waals surface area contributed by atoms with E-state index in [1.165, 1.54) is 0 Å². The van der Waals surface area contributed by atoms with Gasteiger partial charge in [-0.25, -0.2) is 0 Å². The van der Waals surface area contributed by atoms with E-state index in [2.05, 4.69) is 15.5 Å². The van der Waals surface area contributed by atoms with E-state index in [-0.39, 0.29) is 23.8 Å². The molecule has 1 aliphatic carbocycles. The molecule has 7 heteroatoms. The second kappa shape index (κ2) is 7.94. The fourth-order valence-corrected chi connectivity index (χ4v) is 3.45. The third kappa shape index (κ3) is 4.66. The Morgan fingerprint density at radius 1 is 1.16 bits per heavy atom. The minimum atomic E-state index is -0.289.